The van der Waals surface area contributed by atoms with Crippen LogP contribution in [0.3, 0.4) is 0 Å². The molecule has 29 heavy (non-hydrogen) atoms. The molecule has 0 saturated carbocycles. The molecule has 2 aromatic carbocycles. The zero-order valence-electron chi connectivity index (χ0n) is 16.6. The number of hydrogen-bond acceptors (Lipinski definition) is 5. The van der Waals surface area contributed by atoms with Gasteiger partial charge in [-0.1, -0.05) is 13.0 Å². The van der Waals surface area contributed by atoms with E-state index in [9.17, 15) is 9.18 Å². The van der Waals surface area contributed by atoms with Gasteiger partial charge in [0.15, 0.2) is 16.7 Å². The fourth-order valence-electron chi connectivity index (χ4n) is 2.64. The van der Waals surface area contributed by atoms with E-state index in [1.54, 1.807) is 19.2 Å². The number of likely N-dealkylation sites (N-methyl/N-ethyl adjacent to an activating group) is 1. The highest BCUT2D eigenvalue weighted by atomic mass is 32.2. The molecule has 1 saturated heterocycles. The largest absolute Gasteiger partial charge is 0.490 e. The van der Waals surface area contributed by atoms with E-state index in [0.717, 1.165) is 12.0 Å². The molecule has 0 aliphatic carbocycles. The standard InChI is InChI=1S/C22H23FN2O3S/c1-4-12-28-18-11-6-15(13-19(18)27-5-2)14-20-21(26)25(3)22(29-20)24-17-9-7-16(23)8-10-17/h6-11,13-14H,4-5,12H2,1-3H3/b20-14+,24-22?. The van der Waals surface area contributed by atoms with Gasteiger partial charge < -0.3 is 9.47 Å². The molecule has 2 aromatic rings. The highest BCUT2D eigenvalue weighted by Gasteiger charge is 2.30. The van der Waals surface area contributed by atoms with Crippen molar-refractivity contribution in [3.05, 3.63) is 58.8 Å². The molecule has 0 bridgehead atoms. The van der Waals surface area contributed by atoms with E-state index in [1.165, 1.54) is 28.8 Å². The minimum absolute atomic E-state index is 0.139. The van der Waals surface area contributed by atoms with Crippen LogP contribution in [0.1, 0.15) is 25.8 Å². The Balaban J connectivity index is 1.85. The number of benzene rings is 2. The number of rotatable bonds is 7. The fraction of sp³-hybridized carbons (Fsp3) is 0.273. The number of ether oxygens (including phenoxy) is 2. The predicted octanol–water partition coefficient (Wildman–Crippen LogP) is 5.25. The lowest BCUT2D eigenvalue weighted by molar-refractivity contribution is -0.121. The Kier molecular flexibility index (Phi) is 6.93. The maximum absolute atomic E-state index is 13.1. The van der Waals surface area contributed by atoms with Crippen LogP contribution in [0.5, 0.6) is 11.5 Å². The smallest absolute Gasteiger partial charge is 0.266 e. The Morgan fingerprint density at radius 1 is 1.10 bits per heavy atom. The number of carbonyl (C=O) groups excluding carboxylic acids is 1. The van der Waals surface area contributed by atoms with Crippen LogP contribution in [-0.4, -0.2) is 36.2 Å². The first-order valence-corrected chi connectivity index (χ1v) is 10.2. The number of hydrogen-bond donors (Lipinski definition) is 0. The SMILES string of the molecule is CCCOc1ccc(/C=C2/SC(=Nc3ccc(F)cc3)N(C)C2=O)cc1OCC. The number of thioether (sulfide) groups is 1. The number of carbonyl (C=O) groups is 1. The van der Waals surface area contributed by atoms with Crippen LogP contribution in [-0.2, 0) is 4.79 Å². The summed E-state index contributed by atoms with van der Waals surface area (Å²) in [5.41, 5.74) is 1.43. The van der Waals surface area contributed by atoms with Crippen molar-refractivity contribution < 1.29 is 18.7 Å². The molecule has 0 N–H and O–H groups in total. The Morgan fingerprint density at radius 2 is 1.86 bits per heavy atom. The highest BCUT2D eigenvalue weighted by molar-refractivity contribution is 8.18. The van der Waals surface area contributed by atoms with Gasteiger partial charge in [-0.25, -0.2) is 9.38 Å². The average Bonchev–Trinajstić information content (AvgIpc) is 2.97. The third-order valence-electron chi connectivity index (χ3n) is 4.08. The van der Waals surface area contributed by atoms with Gasteiger partial charge in [0.1, 0.15) is 5.82 Å². The van der Waals surface area contributed by atoms with Crippen molar-refractivity contribution >= 4 is 34.6 Å². The van der Waals surface area contributed by atoms with Crippen LogP contribution >= 0.6 is 11.8 Å². The topological polar surface area (TPSA) is 51.1 Å². The number of amidine groups is 1. The van der Waals surface area contributed by atoms with Crippen LogP contribution in [0, 0.1) is 5.82 Å². The molecule has 1 aliphatic heterocycles. The zero-order chi connectivity index (χ0) is 20.8. The minimum Gasteiger partial charge on any atom is -0.490 e. The Bertz CT molecular complexity index is 942. The summed E-state index contributed by atoms with van der Waals surface area (Å²) in [5, 5.41) is 0.542. The Labute approximate surface area is 174 Å². The minimum atomic E-state index is -0.325. The Morgan fingerprint density at radius 3 is 2.55 bits per heavy atom. The van der Waals surface area contributed by atoms with Crippen LogP contribution in [0.4, 0.5) is 10.1 Å². The van der Waals surface area contributed by atoms with Gasteiger partial charge in [-0.3, -0.25) is 9.69 Å². The lowest BCUT2D eigenvalue weighted by Gasteiger charge is -2.12. The second-order valence-electron chi connectivity index (χ2n) is 6.33. The molecule has 0 aromatic heterocycles. The van der Waals surface area contributed by atoms with E-state index in [1.807, 2.05) is 38.1 Å². The molecular weight excluding hydrogens is 391 g/mol. The summed E-state index contributed by atoms with van der Waals surface area (Å²) < 4.78 is 24.5. The van der Waals surface area contributed by atoms with E-state index in [2.05, 4.69) is 4.99 Å². The van der Waals surface area contributed by atoms with Gasteiger partial charge in [-0.2, -0.15) is 0 Å². The monoisotopic (exact) mass is 414 g/mol. The molecule has 5 nitrogen and oxygen atoms in total. The number of amides is 1. The van der Waals surface area contributed by atoms with Gasteiger partial charge in [-0.15, -0.1) is 0 Å². The maximum Gasteiger partial charge on any atom is 0.266 e. The van der Waals surface area contributed by atoms with Crippen LogP contribution in [0.25, 0.3) is 6.08 Å². The molecule has 1 aliphatic rings. The molecule has 0 radical (unpaired) electrons. The molecule has 1 fully saturated rings. The van der Waals surface area contributed by atoms with Crippen molar-refractivity contribution in [3.8, 4) is 11.5 Å². The third kappa shape index (κ3) is 5.17. The second kappa shape index (κ2) is 9.60. The zero-order valence-corrected chi connectivity index (χ0v) is 17.5. The van der Waals surface area contributed by atoms with E-state index < -0.39 is 0 Å². The Hall–Kier alpha value is -2.80. The molecule has 7 heteroatoms. The summed E-state index contributed by atoms with van der Waals surface area (Å²) in [6.45, 7) is 5.10. The first-order chi connectivity index (χ1) is 14.0. The summed E-state index contributed by atoms with van der Waals surface area (Å²) in [7, 11) is 1.67. The molecule has 3 rings (SSSR count). The van der Waals surface area contributed by atoms with E-state index in [4.69, 9.17) is 9.47 Å². The number of nitrogens with zero attached hydrogens (tertiary/aromatic N) is 2. The van der Waals surface area contributed by atoms with Gasteiger partial charge in [0.05, 0.1) is 23.8 Å². The first-order valence-electron chi connectivity index (χ1n) is 9.43. The second-order valence-corrected chi connectivity index (χ2v) is 7.34. The average molecular weight is 415 g/mol. The fourth-order valence-corrected chi connectivity index (χ4v) is 3.63. The molecule has 0 atom stereocenters. The van der Waals surface area contributed by atoms with Crippen molar-refractivity contribution in [3.63, 3.8) is 0 Å². The molecule has 1 heterocycles. The maximum atomic E-state index is 13.1. The van der Waals surface area contributed by atoms with E-state index in [-0.39, 0.29) is 11.7 Å². The van der Waals surface area contributed by atoms with Gasteiger partial charge >= 0.3 is 0 Å². The van der Waals surface area contributed by atoms with Crippen LogP contribution in [0.15, 0.2) is 52.4 Å². The lowest BCUT2D eigenvalue weighted by Crippen LogP contribution is -2.23. The summed E-state index contributed by atoms with van der Waals surface area (Å²) >= 11 is 1.28. The summed E-state index contributed by atoms with van der Waals surface area (Å²) in [5.74, 6) is 0.880. The number of halogens is 1. The van der Waals surface area contributed by atoms with Crippen molar-refractivity contribution in [2.24, 2.45) is 4.99 Å². The molecule has 1 amide bonds. The predicted molar refractivity (Wildman–Crippen MR) is 115 cm³/mol. The quantitative estimate of drug-likeness (QED) is 0.581. The van der Waals surface area contributed by atoms with E-state index >= 15 is 0 Å². The summed E-state index contributed by atoms with van der Waals surface area (Å²) in [6, 6.07) is 11.4. The third-order valence-corrected chi connectivity index (χ3v) is 5.14. The van der Waals surface area contributed by atoms with Crippen molar-refractivity contribution in [2.45, 2.75) is 20.3 Å². The summed E-state index contributed by atoms with van der Waals surface area (Å²) in [4.78, 5) is 19.1. The first kappa shape index (κ1) is 20.9. The van der Waals surface area contributed by atoms with Crippen molar-refractivity contribution in [2.75, 3.05) is 20.3 Å². The molecule has 0 spiro atoms. The van der Waals surface area contributed by atoms with Gasteiger partial charge in [0.2, 0.25) is 0 Å². The number of aliphatic imine (C=N–C) groups is 1. The van der Waals surface area contributed by atoms with Crippen LogP contribution in [0.2, 0.25) is 0 Å². The molecule has 0 unspecified atom stereocenters. The van der Waals surface area contributed by atoms with Crippen molar-refractivity contribution in [1.82, 2.24) is 4.90 Å². The van der Waals surface area contributed by atoms with E-state index in [0.29, 0.717) is 40.5 Å². The van der Waals surface area contributed by atoms with Gasteiger partial charge in [-0.05, 0) is 73.1 Å². The lowest BCUT2D eigenvalue weighted by atomic mass is 10.2. The summed E-state index contributed by atoms with van der Waals surface area (Å²) in [6.07, 6.45) is 2.72. The molecular formula is C22H23FN2O3S. The highest BCUT2D eigenvalue weighted by Crippen LogP contribution is 2.35. The molecule has 152 valence electrons. The van der Waals surface area contributed by atoms with Crippen molar-refractivity contribution in [1.29, 1.82) is 0 Å². The normalized spacial score (nSPS) is 16.7. The van der Waals surface area contributed by atoms with Gasteiger partial charge in [0, 0.05) is 7.05 Å². The van der Waals surface area contributed by atoms with Gasteiger partial charge in [0.25, 0.3) is 5.91 Å². The van der Waals surface area contributed by atoms with Crippen LogP contribution < -0.4 is 9.47 Å².